The highest BCUT2D eigenvalue weighted by Crippen LogP contribution is 2.22. The lowest BCUT2D eigenvalue weighted by atomic mass is 10.0. The zero-order valence-corrected chi connectivity index (χ0v) is 19.4. The molecular formula is C25H24N4O6. The minimum Gasteiger partial charge on any atom is -0.497 e. The van der Waals surface area contributed by atoms with Crippen molar-refractivity contribution in [3.8, 4) is 17.3 Å². The van der Waals surface area contributed by atoms with E-state index in [4.69, 9.17) is 9.47 Å². The number of aromatic nitrogens is 3. The Bertz CT molecular complexity index is 1530. The number of nitrogens with zero attached hydrogens (tertiary/aromatic N) is 2. The summed E-state index contributed by atoms with van der Waals surface area (Å²) in [5, 5.41) is 11.9. The van der Waals surface area contributed by atoms with E-state index >= 15 is 0 Å². The topological polar surface area (TPSA) is 139 Å². The minimum atomic E-state index is -0.987. The number of aliphatic imine (C=N–C) groups is 1. The molecule has 2 aromatic carbocycles. The number of methoxy groups -OCH3 is 2. The van der Waals surface area contributed by atoms with Crippen LogP contribution in [-0.4, -0.2) is 51.6 Å². The van der Waals surface area contributed by atoms with Gasteiger partial charge in [0.2, 0.25) is 5.88 Å². The van der Waals surface area contributed by atoms with Crippen LogP contribution in [0.25, 0.3) is 16.6 Å². The van der Waals surface area contributed by atoms with Gasteiger partial charge in [0.25, 0.3) is 5.56 Å². The van der Waals surface area contributed by atoms with Crippen molar-refractivity contribution in [1.82, 2.24) is 14.5 Å². The summed E-state index contributed by atoms with van der Waals surface area (Å²) >= 11 is 0. The number of benzene rings is 2. The molecule has 0 spiro atoms. The van der Waals surface area contributed by atoms with Gasteiger partial charge in [-0.1, -0.05) is 18.2 Å². The highest BCUT2D eigenvalue weighted by molar-refractivity contribution is 6.01. The van der Waals surface area contributed by atoms with Gasteiger partial charge in [0.15, 0.2) is 6.04 Å². The number of aromatic amines is 2. The van der Waals surface area contributed by atoms with Crippen LogP contribution in [0, 0.1) is 0 Å². The summed E-state index contributed by atoms with van der Waals surface area (Å²) in [6, 6.07) is 13.0. The fourth-order valence-corrected chi connectivity index (χ4v) is 3.95. The number of nitrogens with one attached hydrogen (secondary N) is 2. The number of fused-ring (bicyclic) bond motifs is 1. The number of ether oxygens (including phenoxy) is 2. The predicted octanol–water partition coefficient (Wildman–Crippen LogP) is 2.31. The number of aromatic hydroxyl groups is 1. The Balaban J connectivity index is 1.77. The van der Waals surface area contributed by atoms with Gasteiger partial charge in [-0.2, -0.15) is 0 Å². The van der Waals surface area contributed by atoms with Crippen molar-refractivity contribution >= 4 is 22.6 Å². The third kappa shape index (κ3) is 4.58. The van der Waals surface area contributed by atoms with Crippen LogP contribution >= 0.6 is 0 Å². The van der Waals surface area contributed by atoms with Gasteiger partial charge in [-0.3, -0.25) is 14.8 Å². The molecule has 1 atom stereocenters. The molecular weight excluding hydrogens is 452 g/mol. The Morgan fingerprint density at radius 3 is 2.51 bits per heavy atom. The van der Waals surface area contributed by atoms with Crippen LogP contribution in [0.15, 0.2) is 69.3 Å². The van der Waals surface area contributed by atoms with Gasteiger partial charge in [-0.15, -0.1) is 0 Å². The number of esters is 1. The maximum Gasteiger partial charge on any atom is 0.335 e. The molecule has 35 heavy (non-hydrogen) atoms. The third-order valence-corrected chi connectivity index (χ3v) is 5.69. The molecule has 0 aliphatic carbocycles. The Labute approximate surface area is 199 Å². The monoisotopic (exact) mass is 476 g/mol. The number of carbonyl (C=O) groups is 1. The smallest absolute Gasteiger partial charge is 0.335 e. The van der Waals surface area contributed by atoms with Gasteiger partial charge in [-0.25, -0.2) is 14.2 Å². The van der Waals surface area contributed by atoms with E-state index in [9.17, 15) is 19.5 Å². The molecule has 0 fully saturated rings. The molecule has 2 aromatic heterocycles. The molecule has 1 unspecified atom stereocenters. The molecule has 4 aromatic rings. The highest BCUT2D eigenvalue weighted by atomic mass is 16.5. The van der Waals surface area contributed by atoms with Crippen molar-refractivity contribution in [3.05, 3.63) is 86.7 Å². The second kappa shape index (κ2) is 9.72. The molecule has 0 saturated carbocycles. The zero-order valence-electron chi connectivity index (χ0n) is 19.4. The van der Waals surface area contributed by atoms with E-state index < -0.39 is 29.1 Å². The molecule has 0 saturated heterocycles. The van der Waals surface area contributed by atoms with Gasteiger partial charge in [0.05, 0.1) is 25.6 Å². The number of carbonyl (C=O) groups excluding carboxylic acids is 1. The summed E-state index contributed by atoms with van der Waals surface area (Å²) in [6.07, 6.45) is 1.99. The van der Waals surface area contributed by atoms with E-state index in [-0.39, 0.29) is 17.7 Å². The number of para-hydroxylation sites is 1. The first-order chi connectivity index (χ1) is 16.8. The average Bonchev–Trinajstić information content (AvgIpc) is 3.26. The Morgan fingerprint density at radius 2 is 1.83 bits per heavy atom. The zero-order chi connectivity index (χ0) is 25.1. The van der Waals surface area contributed by atoms with Crippen LogP contribution in [0.2, 0.25) is 0 Å². The largest absolute Gasteiger partial charge is 0.497 e. The van der Waals surface area contributed by atoms with E-state index in [0.717, 1.165) is 21.0 Å². The second-order valence-electron chi connectivity index (χ2n) is 7.81. The Hall–Kier alpha value is -4.60. The molecule has 0 aliphatic heterocycles. The van der Waals surface area contributed by atoms with Crippen LogP contribution in [-0.2, 0) is 16.0 Å². The van der Waals surface area contributed by atoms with E-state index in [0.29, 0.717) is 11.4 Å². The number of H-pyrrole nitrogens is 2. The van der Waals surface area contributed by atoms with Crippen LogP contribution < -0.4 is 16.0 Å². The van der Waals surface area contributed by atoms with Gasteiger partial charge < -0.3 is 19.6 Å². The lowest BCUT2D eigenvalue weighted by Crippen LogP contribution is -2.33. The minimum absolute atomic E-state index is 0.0706. The van der Waals surface area contributed by atoms with Crippen molar-refractivity contribution in [2.24, 2.45) is 4.99 Å². The van der Waals surface area contributed by atoms with Crippen molar-refractivity contribution in [2.75, 3.05) is 14.2 Å². The first-order valence-corrected chi connectivity index (χ1v) is 10.7. The van der Waals surface area contributed by atoms with Crippen LogP contribution in [0.1, 0.15) is 18.1 Å². The first-order valence-electron chi connectivity index (χ1n) is 10.7. The lowest BCUT2D eigenvalue weighted by Gasteiger charge is -2.14. The normalized spacial score (nSPS) is 12.5. The Kier molecular flexibility index (Phi) is 6.54. The average molecular weight is 476 g/mol. The maximum absolute atomic E-state index is 12.6. The molecule has 4 rings (SSSR count). The van der Waals surface area contributed by atoms with Gasteiger partial charge in [0, 0.05) is 23.5 Å². The summed E-state index contributed by atoms with van der Waals surface area (Å²) in [5.41, 5.74) is 0.254. The second-order valence-corrected chi connectivity index (χ2v) is 7.81. The molecule has 0 bridgehead atoms. The van der Waals surface area contributed by atoms with E-state index in [2.05, 4.69) is 15.0 Å². The predicted molar refractivity (Wildman–Crippen MR) is 131 cm³/mol. The maximum atomic E-state index is 12.6. The molecule has 2 heterocycles. The molecule has 0 radical (unpaired) electrons. The molecule has 10 heteroatoms. The molecule has 10 nitrogen and oxygen atoms in total. The van der Waals surface area contributed by atoms with E-state index in [1.165, 1.54) is 21.1 Å². The van der Waals surface area contributed by atoms with Crippen LogP contribution in [0.5, 0.6) is 11.6 Å². The van der Waals surface area contributed by atoms with E-state index in [1.807, 2.05) is 24.3 Å². The highest BCUT2D eigenvalue weighted by Gasteiger charge is 2.24. The molecule has 0 amide bonds. The van der Waals surface area contributed by atoms with Gasteiger partial charge >= 0.3 is 11.7 Å². The fraction of sp³-hybridized carbons (Fsp3) is 0.200. The van der Waals surface area contributed by atoms with Crippen molar-refractivity contribution in [2.45, 2.75) is 19.4 Å². The first kappa shape index (κ1) is 23.6. The number of rotatable bonds is 7. The van der Waals surface area contributed by atoms with Crippen LogP contribution in [0.4, 0.5) is 0 Å². The van der Waals surface area contributed by atoms with Crippen molar-refractivity contribution in [1.29, 1.82) is 0 Å². The Morgan fingerprint density at radius 1 is 1.11 bits per heavy atom. The third-order valence-electron chi connectivity index (χ3n) is 5.69. The fourth-order valence-electron chi connectivity index (χ4n) is 3.95. The summed E-state index contributed by atoms with van der Waals surface area (Å²) in [5.74, 6) is -0.642. The molecule has 180 valence electrons. The van der Waals surface area contributed by atoms with Gasteiger partial charge in [-0.05, 0) is 42.8 Å². The van der Waals surface area contributed by atoms with Gasteiger partial charge in [0.1, 0.15) is 11.3 Å². The molecule has 0 aliphatic rings. The summed E-state index contributed by atoms with van der Waals surface area (Å²) in [4.78, 5) is 47.5. The standard InChI is InChI=1S/C25H24N4O6/c1-14(27-20(24(32)35-3)12-15-13-26-19-7-5-4-6-18(15)19)21-22(30)28-25(33)29(23(21)31)16-8-10-17(34-2)11-9-16/h4-11,13,20,26,31H,12H2,1-3H3,(H,28,30,33). The quantitative estimate of drug-likeness (QED) is 0.276. The van der Waals surface area contributed by atoms with Crippen molar-refractivity contribution in [3.63, 3.8) is 0 Å². The summed E-state index contributed by atoms with van der Waals surface area (Å²) in [6.45, 7) is 1.48. The molecule has 3 N–H and O–H groups in total. The lowest BCUT2D eigenvalue weighted by molar-refractivity contribution is -0.142. The number of hydrogen-bond acceptors (Lipinski definition) is 7. The number of hydrogen-bond donors (Lipinski definition) is 3. The van der Waals surface area contributed by atoms with Crippen molar-refractivity contribution < 1.29 is 19.4 Å². The summed E-state index contributed by atoms with van der Waals surface area (Å²) in [7, 11) is 2.76. The summed E-state index contributed by atoms with van der Waals surface area (Å²) < 4.78 is 11.0. The SMILES string of the molecule is COC(=O)C(Cc1c[nH]c2ccccc12)N=C(C)c1c(O)n(-c2ccc(OC)cc2)c(=O)[nH]c1=O. The van der Waals surface area contributed by atoms with E-state index in [1.54, 1.807) is 30.5 Å². The van der Waals surface area contributed by atoms with Crippen LogP contribution in [0.3, 0.4) is 0 Å².